The summed E-state index contributed by atoms with van der Waals surface area (Å²) in [4.78, 5) is 25.1. The Labute approximate surface area is 157 Å². The van der Waals surface area contributed by atoms with Crippen molar-refractivity contribution in [2.45, 2.75) is 51.2 Å². The molecule has 0 spiro atoms. The van der Waals surface area contributed by atoms with Gasteiger partial charge in [0.25, 0.3) is 0 Å². The van der Waals surface area contributed by atoms with Gasteiger partial charge in [0, 0.05) is 30.6 Å². The van der Waals surface area contributed by atoms with E-state index in [2.05, 4.69) is 15.7 Å². The molecule has 2 aromatic rings. The molecule has 0 saturated heterocycles. The molecule has 1 aromatic heterocycles. The van der Waals surface area contributed by atoms with Crippen molar-refractivity contribution in [1.29, 1.82) is 0 Å². The van der Waals surface area contributed by atoms with Crippen LogP contribution in [0, 0.1) is 12.7 Å². The molecule has 142 valence electrons. The van der Waals surface area contributed by atoms with Gasteiger partial charge in [-0.15, -0.1) is 0 Å². The number of anilines is 3. The number of carbonyl (C=O) groups excluding carboxylic acids is 1. The van der Waals surface area contributed by atoms with E-state index in [0.29, 0.717) is 23.1 Å². The molecule has 0 unspecified atom stereocenters. The molecular formula is C19H24FN6O+. The number of urea groups is 1. The first-order valence-electron chi connectivity index (χ1n) is 9.26. The molecular weight excluding hydrogens is 347 g/mol. The number of nitrogens with zero attached hydrogens (tertiary/aromatic N) is 4. The van der Waals surface area contributed by atoms with Crippen LogP contribution in [0.5, 0.6) is 0 Å². The smallest absolute Gasteiger partial charge is 0.330 e. The average molecular weight is 371 g/mol. The number of quaternary nitrogens is 1. The van der Waals surface area contributed by atoms with E-state index in [1.807, 2.05) is 0 Å². The number of nitrogen functional groups attached to an aromatic ring is 1. The normalized spacial score (nSPS) is 22.7. The van der Waals surface area contributed by atoms with Gasteiger partial charge in [-0.1, -0.05) is 12.1 Å². The molecule has 2 amide bonds. The second kappa shape index (κ2) is 6.77. The lowest BCUT2D eigenvalue weighted by Crippen LogP contribution is -2.63. The van der Waals surface area contributed by atoms with Crippen LogP contribution in [0.25, 0.3) is 0 Å². The van der Waals surface area contributed by atoms with E-state index in [0.717, 1.165) is 31.2 Å². The fraction of sp³-hybridized carbons (Fsp3) is 0.421. The number of rotatable bonds is 2. The minimum atomic E-state index is -0.412. The van der Waals surface area contributed by atoms with Gasteiger partial charge in [-0.25, -0.2) is 14.2 Å². The van der Waals surface area contributed by atoms with E-state index >= 15 is 0 Å². The molecule has 4 rings (SSSR count). The molecule has 5 N–H and O–H groups in total. The van der Waals surface area contributed by atoms with Crippen LogP contribution in [-0.2, 0) is 6.54 Å². The van der Waals surface area contributed by atoms with Crippen molar-refractivity contribution in [1.82, 2.24) is 9.97 Å². The van der Waals surface area contributed by atoms with Gasteiger partial charge in [0.05, 0.1) is 18.3 Å². The molecule has 1 aromatic carbocycles. The predicted molar refractivity (Wildman–Crippen MR) is 101 cm³/mol. The SMILES string of the molecule is Cc1cccc(F)c1N1Cc2cnc(N)nc2N(C2CCC([NH3+])CC2)C1=O. The summed E-state index contributed by atoms with van der Waals surface area (Å²) >= 11 is 0. The third-order valence-electron chi connectivity index (χ3n) is 5.49. The molecule has 7 nitrogen and oxygen atoms in total. The first-order valence-corrected chi connectivity index (χ1v) is 9.26. The van der Waals surface area contributed by atoms with Crippen LogP contribution in [0.15, 0.2) is 24.4 Å². The molecule has 27 heavy (non-hydrogen) atoms. The summed E-state index contributed by atoms with van der Waals surface area (Å²) in [6.45, 7) is 2.02. The lowest BCUT2D eigenvalue weighted by Gasteiger charge is -2.42. The van der Waals surface area contributed by atoms with E-state index in [4.69, 9.17) is 5.73 Å². The Balaban J connectivity index is 1.79. The van der Waals surface area contributed by atoms with E-state index in [9.17, 15) is 9.18 Å². The number of benzene rings is 1. The van der Waals surface area contributed by atoms with Crippen LogP contribution in [0.1, 0.15) is 36.8 Å². The molecule has 2 heterocycles. The van der Waals surface area contributed by atoms with Crippen molar-refractivity contribution in [3.8, 4) is 0 Å². The zero-order valence-electron chi connectivity index (χ0n) is 15.4. The molecule has 1 saturated carbocycles. The Morgan fingerprint density at radius 3 is 2.70 bits per heavy atom. The molecule has 2 aliphatic rings. The minimum absolute atomic E-state index is 0.00145. The van der Waals surface area contributed by atoms with Crippen molar-refractivity contribution < 1.29 is 14.9 Å². The van der Waals surface area contributed by atoms with Crippen molar-refractivity contribution in [3.05, 3.63) is 41.3 Å². The third kappa shape index (κ3) is 3.10. The van der Waals surface area contributed by atoms with Crippen molar-refractivity contribution in [2.75, 3.05) is 15.5 Å². The quantitative estimate of drug-likeness (QED) is 0.843. The molecule has 1 aliphatic heterocycles. The lowest BCUT2D eigenvalue weighted by molar-refractivity contribution is -0.425. The zero-order valence-corrected chi connectivity index (χ0v) is 15.4. The topological polar surface area (TPSA) is 103 Å². The fourth-order valence-electron chi connectivity index (χ4n) is 4.06. The second-order valence-electron chi connectivity index (χ2n) is 7.40. The predicted octanol–water partition coefficient (Wildman–Crippen LogP) is 2.01. The van der Waals surface area contributed by atoms with Gasteiger partial charge in [-0.3, -0.25) is 9.80 Å². The number of carbonyl (C=O) groups is 1. The van der Waals surface area contributed by atoms with Crippen LogP contribution < -0.4 is 21.3 Å². The largest absolute Gasteiger partial charge is 0.368 e. The minimum Gasteiger partial charge on any atom is -0.368 e. The van der Waals surface area contributed by atoms with Gasteiger partial charge in [0.1, 0.15) is 11.6 Å². The highest BCUT2D eigenvalue weighted by molar-refractivity contribution is 6.06. The van der Waals surface area contributed by atoms with Crippen molar-refractivity contribution in [3.63, 3.8) is 0 Å². The maximum atomic E-state index is 14.6. The number of aryl methyl sites for hydroxylation is 1. The average Bonchev–Trinajstić information content (AvgIpc) is 2.63. The molecule has 1 aliphatic carbocycles. The van der Waals surface area contributed by atoms with Crippen LogP contribution in [0.4, 0.5) is 26.6 Å². The summed E-state index contributed by atoms with van der Waals surface area (Å²) in [5.41, 5.74) is 11.7. The van der Waals surface area contributed by atoms with Crippen LogP contribution in [0.3, 0.4) is 0 Å². The Bertz CT molecular complexity index is 860. The Hall–Kier alpha value is -2.74. The van der Waals surface area contributed by atoms with Gasteiger partial charge < -0.3 is 11.5 Å². The van der Waals surface area contributed by atoms with E-state index in [-0.39, 0.29) is 24.6 Å². The number of hydrogen-bond acceptors (Lipinski definition) is 4. The molecule has 0 atom stereocenters. The van der Waals surface area contributed by atoms with Gasteiger partial charge in [0.15, 0.2) is 0 Å². The van der Waals surface area contributed by atoms with E-state index in [1.54, 1.807) is 30.2 Å². The zero-order chi connectivity index (χ0) is 19.1. The number of amides is 2. The molecule has 8 heteroatoms. The highest BCUT2D eigenvalue weighted by atomic mass is 19.1. The number of fused-ring (bicyclic) bond motifs is 1. The lowest BCUT2D eigenvalue weighted by atomic mass is 9.90. The number of aromatic nitrogens is 2. The van der Waals surface area contributed by atoms with Gasteiger partial charge in [-0.2, -0.15) is 4.98 Å². The fourth-order valence-corrected chi connectivity index (χ4v) is 4.06. The molecule has 0 bridgehead atoms. The summed E-state index contributed by atoms with van der Waals surface area (Å²) in [5, 5.41) is 0. The Morgan fingerprint density at radius 1 is 1.26 bits per heavy atom. The Kier molecular flexibility index (Phi) is 4.43. The maximum absolute atomic E-state index is 14.6. The van der Waals surface area contributed by atoms with E-state index < -0.39 is 5.82 Å². The summed E-state index contributed by atoms with van der Waals surface area (Å²) in [6.07, 6.45) is 5.21. The summed E-state index contributed by atoms with van der Waals surface area (Å²) in [5.74, 6) is 0.266. The van der Waals surface area contributed by atoms with Crippen molar-refractivity contribution >= 4 is 23.5 Å². The van der Waals surface area contributed by atoms with Crippen LogP contribution in [0.2, 0.25) is 0 Å². The monoisotopic (exact) mass is 371 g/mol. The van der Waals surface area contributed by atoms with Gasteiger partial charge in [0.2, 0.25) is 5.95 Å². The van der Waals surface area contributed by atoms with Crippen LogP contribution >= 0.6 is 0 Å². The highest BCUT2D eigenvalue weighted by Gasteiger charge is 2.40. The standard InChI is InChI=1S/C19H23FN6O/c1-11-3-2-4-15(20)16(11)25-10-12-9-23-18(22)24-17(12)26(19(25)27)14-7-5-13(21)6-8-14/h2-4,9,13-14H,5-8,10,21H2,1H3,(H2,22,23,24)/p+1. The highest BCUT2D eigenvalue weighted by Crippen LogP contribution is 2.37. The first-order chi connectivity index (χ1) is 13.0. The van der Waals surface area contributed by atoms with Crippen LogP contribution in [-0.4, -0.2) is 28.1 Å². The van der Waals surface area contributed by atoms with Gasteiger partial charge in [-0.05, 0) is 31.4 Å². The van der Waals surface area contributed by atoms with Gasteiger partial charge >= 0.3 is 6.03 Å². The van der Waals surface area contributed by atoms with E-state index in [1.165, 1.54) is 11.0 Å². The number of para-hydroxylation sites is 1. The first kappa shape index (κ1) is 17.7. The Morgan fingerprint density at radius 2 is 2.00 bits per heavy atom. The number of halogens is 1. The molecule has 1 fully saturated rings. The third-order valence-corrected chi connectivity index (χ3v) is 5.49. The summed E-state index contributed by atoms with van der Waals surface area (Å²) < 4.78 is 14.6. The maximum Gasteiger partial charge on any atom is 0.330 e. The number of nitrogens with two attached hydrogens (primary N) is 1. The summed E-state index contributed by atoms with van der Waals surface area (Å²) in [6, 6.07) is 4.97. The van der Waals surface area contributed by atoms with Crippen molar-refractivity contribution in [2.24, 2.45) is 0 Å². The summed E-state index contributed by atoms with van der Waals surface area (Å²) in [7, 11) is 0. The number of hydrogen-bond donors (Lipinski definition) is 2. The second-order valence-corrected chi connectivity index (χ2v) is 7.40. The molecule has 0 radical (unpaired) electrons.